The summed E-state index contributed by atoms with van der Waals surface area (Å²) in [6.07, 6.45) is 10.1. The number of para-hydroxylation sites is 1. The van der Waals surface area contributed by atoms with Crippen molar-refractivity contribution in [1.29, 1.82) is 0 Å². The number of aromatic amines is 1. The zero-order valence-electron chi connectivity index (χ0n) is 19.7. The molecule has 0 saturated carbocycles. The summed E-state index contributed by atoms with van der Waals surface area (Å²) >= 11 is 0. The van der Waals surface area contributed by atoms with Crippen LogP contribution in [-0.2, 0) is 12.8 Å². The molecule has 2 aromatic carbocycles. The average molecular weight is 462 g/mol. The number of methoxy groups -OCH3 is 1. The minimum Gasteiger partial charge on any atom is -0.496 e. The molecular weight excluding hydrogens is 429 g/mol. The predicted octanol–water partition coefficient (Wildman–Crippen LogP) is 5.13. The first-order chi connectivity index (χ1) is 16.6. The summed E-state index contributed by atoms with van der Waals surface area (Å²) in [5.41, 5.74) is 3.53. The van der Waals surface area contributed by atoms with Gasteiger partial charge in [-0.3, -0.25) is 4.57 Å². The summed E-state index contributed by atoms with van der Waals surface area (Å²) < 4.78 is 22.8. The predicted molar refractivity (Wildman–Crippen MR) is 132 cm³/mol. The number of aromatic nitrogens is 4. The van der Waals surface area contributed by atoms with Crippen LogP contribution >= 0.6 is 0 Å². The Morgan fingerprint density at radius 2 is 1.82 bits per heavy atom. The van der Waals surface area contributed by atoms with Gasteiger partial charge in [0.05, 0.1) is 7.11 Å². The molecule has 0 amide bonds. The molecule has 0 bridgehead atoms. The molecule has 0 radical (unpaired) electrons. The molecule has 1 fully saturated rings. The third-order valence-electron chi connectivity index (χ3n) is 7.18. The zero-order chi connectivity index (χ0) is 23.4. The van der Waals surface area contributed by atoms with Gasteiger partial charge in [0.25, 0.3) is 0 Å². The number of piperidine rings is 1. The van der Waals surface area contributed by atoms with Crippen molar-refractivity contribution in [2.24, 2.45) is 0 Å². The highest BCUT2D eigenvalue weighted by atomic mass is 19.1. The number of nitrogens with one attached hydrogen (secondary N) is 1. The first-order valence-corrected chi connectivity index (χ1v) is 12.1. The van der Waals surface area contributed by atoms with E-state index in [1.807, 2.05) is 28.8 Å². The normalized spacial score (nSPS) is 16.2. The number of ether oxygens (including phenoxy) is 1. The van der Waals surface area contributed by atoms with Gasteiger partial charge in [0.15, 0.2) is 0 Å². The largest absolute Gasteiger partial charge is 0.496 e. The van der Waals surface area contributed by atoms with Crippen molar-refractivity contribution in [3.8, 4) is 11.4 Å². The molecule has 6 nitrogen and oxygen atoms in total. The molecule has 0 unspecified atom stereocenters. The van der Waals surface area contributed by atoms with E-state index in [-0.39, 0.29) is 0 Å². The zero-order valence-corrected chi connectivity index (χ0v) is 19.7. The molecule has 1 N–H and O–H groups in total. The maximum Gasteiger partial charge on any atom is 0.123 e. The van der Waals surface area contributed by atoms with Gasteiger partial charge >= 0.3 is 0 Å². The van der Waals surface area contributed by atoms with Gasteiger partial charge in [0.1, 0.15) is 24.1 Å². The van der Waals surface area contributed by atoms with Gasteiger partial charge < -0.3 is 14.6 Å². The van der Waals surface area contributed by atoms with Crippen LogP contribution in [0.3, 0.4) is 0 Å². The smallest absolute Gasteiger partial charge is 0.123 e. The third-order valence-corrected chi connectivity index (χ3v) is 7.18. The molecule has 1 aliphatic heterocycles. The highest BCUT2D eigenvalue weighted by Crippen LogP contribution is 2.33. The van der Waals surface area contributed by atoms with E-state index in [1.165, 1.54) is 10.9 Å². The maximum absolute atomic E-state index is 15.5. The van der Waals surface area contributed by atoms with E-state index in [0.717, 1.165) is 61.4 Å². The van der Waals surface area contributed by atoms with Crippen LogP contribution in [0.4, 0.5) is 4.39 Å². The standard InChI is InChI=1S/C27H32FN5O/c1-34-26-7-3-2-5-21(26)10-11-27(28)12-15-32(16-13-27)14-4-6-22-18-29-25-9-8-23(17-24(22)25)33-19-30-31-20-33/h2-3,5,7-9,17-20,29H,4,6,10-16H2,1H3. The molecule has 178 valence electrons. The highest BCUT2D eigenvalue weighted by molar-refractivity contribution is 5.85. The lowest BCUT2D eigenvalue weighted by Crippen LogP contribution is -2.42. The lowest BCUT2D eigenvalue weighted by atomic mass is 9.87. The van der Waals surface area contributed by atoms with Gasteiger partial charge in [0.2, 0.25) is 0 Å². The molecule has 4 aromatic rings. The van der Waals surface area contributed by atoms with Crippen molar-refractivity contribution in [3.63, 3.8) is 0 Å². The van der Waals surface area contributed by atoms with Crippen LogP contribution in [0.1, 0.15) is 36.8 Å². The number of H-pyrrole nitrogens is 1. The van der Waals surface area contributed by atoms with E-state index in [9.17, 15) is 0 Å². The summed E-state index contributed by atoms with van der Waals surface area (Å²) in [6, 6.07) is 14.3. The van der Waals surface area contributed by atoms with Crippen LogP contribution in [-0.4, -0.2) is 57.1 Å². The fraction of sp³-hybridized carbons (Fsp3) is 0.407. The first-order valence-electron chi connectivity index (χ1n) is 12.1. The molecule has 0 atom stereocenters. The summed E-state index contributed by atoms with van der Waals surface area (Å²) in [5.74, 6) is 0.856. The number of nitrogens with zero attached hydrogens (tertiary/aromatic N) is 4. The van der Waals surface area contributed by atoms with Gasteiger partial charge in [-0.1, -0.05) is 18.2 Å². The van der Waals surface area contributed by atoms with Crippen LogP contribution in [0.2, 0.25) is 0 Å². The second-order valence-corrected chi connectivity index (χ2v) is 9.32. The summed E-state index contributed by atoms with van der Waals surface area (Å²) in [5, 5.41) is 9.04. The Kier molecular flexibility index (Phi) is 6.63. The van der Waals surface area contributed by atoms with Crippen LogP contribution < -0.4 is 4.74 Å². The molecule has 0 spiro atoms. The number of alkyl halides is 1. The molecule has 7 heteroatoms. The Balaban J connectivity index is 1.11. The van der Waals surface area contributed by atoms with Crippen LogP contribution in [0.15, 0.2) is 61.3 Å². The van der Waals surface area contributed by atoms with Crippen molar-refractivity contribution in [2.75, 3.05) is 26.7 Å². The molecule has 1 saturated heterocycles. The van der Waals surface area contributed by atoms with Crippen LogP contribution in [0.5, 0.6) is 5.75 Å². The van der Waals surface area contributed by atoms with Gasteiger partial charge in [0, 0.05) is 35.9 Å². The van der Waals surface area contributed by atoms with Crippen molar-refractivity contribution >= 4 is 10.9 Å². The minimum absolute atomic E-state index is 0.561. The van der Waals surface area contributed by atoms with Crippen LogP contribution in [0.25, 0.3) is 16.6 Å². The molecular formula is C27H32FN5O. The first kappa shape index (κ1) is 22.6. The van der Waals surface area contributed by atoms with E-state index in [1.54, 1.807) is 19.8 Å². The van der Waals surface area contributed by atoms with Gasteiger partial charge in [-0.2, -0.15) is 0 Å². The van der Waals surface area contributed by atoms with Crippen molar-refractivity contribution in [3.05, 3.63) is 72.4 Å². The summed E-state index contributed by atoms with van der Waals surface area (Å²) in [6.45, 7) is 2.66. The summed E-state index contributed by atoms with van der Waals surface area (Å²) in [7, 11) is 1.68. The van der Waals surface area contributed by atoms with E-state index < -0.39 is 5.67 Å². The number of halogens is 1. The number of benzene rings is 2. The Morgan fingerprint density at radius 3 is 2.62 bits per heavy atom. The third kappa shape index (κ3) is 4.99. The quantitative estimate of drug-likeness (QED) is 0.376. The van der Waals surface area contributed by atoms with E-state index in [2.05, 4.69) is 44.5 Å². The second kappa shape index (κ2) is 9.97. The van der Waals surface area contributed by atoms with Crippen molar-refractivity contribution < 1.29 is 9.13 Å². The topological polar surface area (TPSA) is 59.0 Å². The lowest BCUT2D eigenvalue weighted by Gasteiger charge is -2.36. The highest BCUT2D eigenvalue weighted by Gasteiger charge is 2.34. The molecule has 0 aliphatic carbocycles. The number of fused-ring (bicyclic) bond motifs is 1. The lowest BCUT2D eigenvalue weighted by molar-refractivity contribution is 0.0507. The van der Waals surface area contributed by atoms with E-state index in [0.29, 0.717) is 19.3 Å². The SMILES string of the molecule is COc1ccccc1CCC1(F)CCN(CCCc2c[nH]c3ccc(-n4cnnc4)cc23)CC1. The molecule has 2 aromatic heterocycles. The molecule has 34 heavy (non-hydrogen) atoms. The maximum atomic E-state index is 15.5. The Labute approximate surface area is 199 Å². The van der Waals surface area contributed by atoms with E-state index >= 15 is 4.39 Å². The number of hydrogen-bond acceptors (Lipinski definition) is 4. The fourth-order valence-electron chi connectivity index (χ4n) is 5.06. The van der Waals surface area contributed by atoms with Gasteiger partial charge in [-0.05, 0) is 80.5 Å². The summed E-state index contributed by atoms with van der Waals surface area (Å²) in [4.78, 5) is 5.80. The Bertz CT molecular complexity index is 1210. The number of hydrogen-bond donors (Lipinski definition) is 1. The Hall–Kier alpha value is -3.19. The van der Waals surface area contributed by atoms with Gasteiger partial charge in [-0.15, -0.1) is 10.2 Å². The second-order valence-electron chi connectivity index (χ2n) is 9.32. The van der Waals surface area contributed by atoms with Gasteiger partial charge in [-0.25, -0.2) is 4.39 Å². The number of likely N-dealkylation sites (tertiary alicyclic amines) is 1. The minimum atomic E-state index is -1.08. The number of aryl methyl sites for hydroxylation is 2. The van der Waals surface area contributed by atoms with Crippen LogP contribution in [0, 0.1) is 0 Å². The molecule has 5 rings (SSSR count). The average Bonchev–Trinajstić information content (AvgIpc) is 3.55. The monoisotopic (exact) mass is 461 g/mol. The molecule has 1 aliphatic rings. The van der Waals surface area contributed by atoms with E-state index in [4.69, 9.17) is 4.74 Å². The number of rotatable bonds is 9. The van der Waals surface area contributed by atoms with Crippen molar-refractivity contribution in [2.45, 2.75) is 44.2 Å². The molecule has 3 heterocycles. The van der Waals surface area contributed by atoms with Crippen molar-refractivity contribution in [1.82, 2.24) is 24.6 Å². The fourth-order valence-corrected chi connectivity index (χ4v) is 5.06. The Morgan fingerprint density at radius 1 is 1.03 bits per heavy atom.